The van der Waals surface area contributed by atoms with E-state index >= 15 is 0 Å². The number of rotatable bonds is 5. The van der Waals surface area contributed by atoms with Crippen molar-refractivity contribution in [3.63, 3.8) is 0 Å². The van der Waals surface area contributed by atoms with E-state index in [1.54, 1.807) is 12.1 Å². The van der Waals surface area contributed by atoms with E-state index in [1.165, 1.54) is 37.3 Å². The molecule has 1 heterocycles. The molecule has 3 rings (SSSR count). The van der Waals surface area contributed by atoms with Crippen LogP contribution in [0.2, 0.25) is 0 Å². The number of hydrogen-bond donors (Lipinski definition) is 2. The number of amides is 1. The van der Waals surface area contributed by atoms with Gasteiger partial charge in [0.05, 0.1) is 4.90 Å². The van der Waals surface area contributed by atoms with Crippen molar-refractivity contribution in [2.75, 3.05) is 7.05 Å². The van der Waals surface area contributed by atoms with E-state index in [0.29, 0.717) is 5.56 Å². The third-order valence-electron chi connectivity index (χ3n) is 4.79. The van der Waals surface area contributed by atoms with E-state index < -0.39 is 10.0 Å². The van der Waals surface area contributed by atoms with Gasteiger partial charge in [-0.05, 0) is 43.5 Å². The van der Waals surface area contributed by atoms with Gasteiger partial charge in [0.15, 0.2) is 0 Å². The Labute approximate surface area is 158 Å². The van der Waals surface area contributed by atoms with Crippen LogP contribution in [0.15, 0.2) is 40.6 Å². The summed E-state index contributed by atoms with van der Waals surface area (Å²) < 4.78 is 26.6. The summed E-state index contributed by atoms with van der Waals surface area (Å²) in [5.41, 5.74) is 1.18. The molecule has 1 saturated carbocycles. The minimum atomic E-state index is -3.61. The molecule has 7 heteroatoms. The standard InChI is InChI=1S/C19H24N2O3S2/c1-20-26(23,24)15-10-11-16(18-9-6-12-25-18)17(13-15)19(22)21-14-7-4-2-3-5-8-14/h6,9-14,20H,2-5,7-8H2,1H3,(H,21,22). The maximum absolute atomic E-state index is 13.0. The van der Waals surface area contributed by atoms with Gasteiger partial charge in [0.1, 0.15) is 0 Å². The summed E-state index contributed by atoms with van der Waals surface area (Å²) >= 11 is 1.53. The van der Waals surface area contributed by atoms with Crippen LogP contribution in [-0.2, 0) is 10.0 Å². The Kier molecular flexibility index (Phi) is 6.11. The summed E-state index contributed by atoms with van der Waals surface area (Å²) in [6.45, 7) is 0. The molecule has 140 valence electrons. The van der Waals surface area contributed by atoms with Gasteiger partial charge in [0, 0.05) is 22.0 Å². The quantitative estimate of drug-likeness (QED) is 0.761. The SMILES string of the molecule is CNS(=O)(=O)c1ccc(-c2cccs2)c(C(=O)NC2CCCCCC2)c1. The zero-order valence-electron chi connectivity index (χ0n) is 14.8. The molecule has 0 unspecified atom stereocenters. The van der Waals surface area contributed by atoms with Gasteiger partial charge in [-0.3, -0.25) is 4.79 Å². The van der Waals surface area contributed by atoms with Gasteiger partial charge in [0.25, 0.3) is 5.91 Å². The van der Waals surface area contributed by atoms with Crippen molar-refractivity contribution in [3.8, 4) is 10.4 Å². The van der Waals surface area contributed by atoms with Crippen LogP contribution in [0.4, 0.5) is 0 Å². The second-order valence-electron chi connectivity index (χ2n) is 6.55. The molecule has 1 aromatic heterocycles. The molecule has 1 aromatic carbocycles. The van der Waals surface area contributed by atoms with E-state index in [-0.39, 0.29) is 16.8 Å². The Balaban J connectivity index is 1.96. The van der Waals surface area contributed by atoms with Crippen molar-refractivity contribution in [3.05, 3.63) is 41.3 Å². The normalized spacial score (nSPS) is 16.2. The molecule has 1 aliphatic carbocycles. The van der Waals surface area contributed by atoms with Gasteiger partial charge in [-0.15, -0.1) is 11.3 Å². The third kappa shape index (κ3) is 4.34. The van der Waals surface area contributed by atoms with Crippen LogP contribution in [0, 0.1) is 0 Å². The minimum absolute atomic E-state index is 0.103. The molecule has 26 heavy (non-hydrogen) atoms. The first-order valence-corrected chi connectivity index (χ1v) is 11.3. The molecule has 1 amide bonds. The highest BCUT2D eigenvalue weighted by molar-refractivity contribution is 7.89. The molecule has 0 saturated heterocycles. The molecular formula is C19H24N2O3S2. The third-order valence-corrected chi connectivity index (χ3v) is 7.11. The predicted octanol–water partition coefficient (Wildman–Crippen LogP) is 3.78. The molecular weight excluding hydrogens is 368 g/mol. The molecule has 2 aromatic rings. The van der Waals surface area contributed by atoms with Crippen molar-refractivity contribution in [1.82, 2.24) is 10.0 Å². The highest BCUT2D eigenvalue weighted by Crippen LogP contribution is 2.30. The van der Waals surface area contributed by atoms with E-state index in [4.69, 9.17) is 0 Å². The number of nitrogens with one attached hydrogen (secondary N) is 2. The average molecular weight is 393 g/mol. The zero-order valence-corrected chi connectivity index (χ0v) is 16.5. The van der Waals surface area contributed by atoms with Gasteiger partial charge in [-0.25, -0.2) is 13.1 Å². The van der Waals surface area contributed by atoms with Crippen LogP contribution in [0.5, 0.6) is 0 Å². The van der Waals surface area contributed by atoms with Gasteiger partial charge < -0.3 is 5.32 Å². The molecule has 0 spiro atoms. The van der Waals surface area contributed by atoms with Crippen molar-refractivity contribution < 1.29 is 13.2 Å². The molecule has 0 bridgehead atoms. The van der Waals surface area contributed by atoms with Crippen LogP contribution in [-0.4, -0.2) is 27.4 Å². The Morgan fingerprint density at radius 1 is 1.12 bits per heavy atom. The number of thiophene rings is 1. The van der Waals surface area contributed by atoms with E-state index in [1.807, 2.05) is 17.5 Å². The lowest BCUT2D eigenvalue weighted by Gasteiger charge is -2.18. The topological polar surface area (TPSA) is 75.3 Å². The van der Waals surface area contributed by atoms with Gasteiger partial charge in [0.2, 0.25) is 10.0 Å². The lowest BCUT2D eigenvalue weighted by atomic mass is 10.0. The van der Waals surface area contributed by atoms with E-state index in [2.05, 4.69) is 10.0 Å². The van der Waals surface area contributed by atoms with Crippen molar-refractivity contribution in [1.29, 1.82) is 0 Å². The van der Waals surface area contributed by atoms with Crippen LogP contribution < -0.4 is 10.0 Å². The van der Waals surface area contributed by atoms with E-state index in [0.717, 1.165) is 36.1 Å². The Morgan fingerprint density at radius 2 is 1.85 bits per heavy atom. The summed E-state index contributed by atoms with van der Waals surface area (Å²) in [7, 11) is -2.24. The zero-order chi connectivity index (χ0) is 18.6. The smallest absolute Gasteiger partial charge is 0.252 e. The molecule has 5 nitrogen and oxygen atoms in total. The predicted molar refractivity (Wildman–Crippen MR) is 105 cm³/mol. The van der Waals surface area contributed by atoms with E-state index in [9.17, 15) is 13.2 Å². The Morgan fingerprint density at radius 3 is 2.46 bits per heavy atom. The maximum atomic E-state index is 13.0. The fraction of sp³-hybridized carbons (Fsp3) is 0.421. The van der Waals surface area contributed by atoms with Crippen molar-refractivity contribution in [2.45, 2.75) is 49.5 Å². The van der Waals surface area contributed by atoms with Crippen molar-refractivity contribution >= 4 is 27.3 Å². The molecule has 0 aliphatic heterocycles. The summed E-state index contributed by atoms with van der Waals surface area (Å²) in [6.07, 6.45) is 6.63. The molecule has 1 fully saturated rings. The van der Waals surface area contributed by atoms with Gasteiger partial charge in [-0.1, -0.05) is 37.8 Å². The highest BCUT2D eigenvalue weighted by Gasteiger charge is 2.22. The van der Waals surface area contributed by atoms with Gasteiger partial charge >= 0.3 is 0 Å². The van der Waals surface area contributed by atoms with Crippen LogP contribution in [0.1, 0.15) is 48.9 Å². The lowest BCUT2D eigenvalue weighted by Crippen LogP contribution is -2.34. The van der Waals surface area contributed by atoms with Crippen LogP contribution in [0.25, 0.3) is 10.4 Å². The second kappa shape index (κ2) is 8.33. The first-order valence-electron chi connectivity index (χ1n) is 8.93. The van der Waals surface area contributed by atoms with Crippen molar-refractivity contribution in [2.24, 2.45) is 0 Å². The van der Waals surface area contributed by atoms with Crippen LogP contribution in [0.3, 0.4) is 0 Å². The maximum Gasteiger partial charge on any atom is 0.252 e. The molecule has 1 aliphatic rings. The number of benzene rings is 1. The summed E-state index contributed by atoms with van der Waals surface area (Å²) in [4.78, 5) is 14.0. The summed E-state index contributed by atoms with van der Waals surface area (Å²) in [5.74, 6) is -0.201. The molecule has 2 N–H and O–H groups in total. The Bertz CT molecular complexity index is 853. The largest absolute Gasteiger partial charge is 0.349 e. The number of carbonyl (C=O) groups is 1. The monoisotopic (exact) mass is 392 g/mol. The fourth-order valence-electron chi connectivity index (χ4n) is 3.33. The number of sulfonamides is 1. The molecule has 0 atom stereocenters. The number of carbonyl (C=O) groups excluding carboxylic acids is 1. The summed E-state index contributed by atoms with van der Waals surface area (Å²) in [5, 5.41) is 5.07. The minimum Gasteiger partial charge on any atom is -0.349 e. The summed E-state index contributed by atoms with van der Waals surface area (Å²) in [6, 6.07) is 8.76. The Hall–Kier alpha value is -1.70. The first-order chi connectivity index (χ1) is 12.5. The van der Waals surface area contributed by atoms with Crippen LogP contribution >= 0.6 is 11.3 Å². The fourth-order valence-corrected chi connectivity index (χ4v) is 4.85. The highest BCUT2D eigenvalue weighted by atomic mass is 32.2. The molecule has 0 radical (unpaired) electrons. The number of hydrogen-bond acceptors (Lipinski definition) is 4. The van der Waals surface area contributed by atoms with Gasteiger partial charge in [-0.2, -0.15) is 0 Å². The average Bonchev–Trinajstić information content (AvgIpc) is 3.06. The second-order valence-corrected chi connectivity index (χ2v) is 9.39. The lowest BCUT2D eigenvalue weighted by molar-refractivity contribution is 0.0934. The first kappa shape index (κ1) is 19.1.